The molecule has 0 saturated carbocycles. The number of ether oxygens (including phenoxy) is 1. The molecule has 0 aliphatic carbocycles. The molecule has 2 rings (SSSR count). The van der Waals surface area contributed by atoms with Crippen LogP contribution in [0.3, 0.4) is 0 Å². The molecule has 124 valence electrons. The highest BCUT2D eigenvalue weighted by atomic mass is 19.4. The van der Waals surface area contributed by atoms with Crippen molar-refractivity contribution in [3.05, 3.63) is 36.7 Å². The van der Waals surface area contributed by atoms with Crippen LogP contribution in [0.1, 0.15) is 0 Å². The van der Waals surface area contributed by atoms with E-state index < -0.39 is 12.8 Å². The highest BCUT2D eigenvalue weighted by molar-refractivity contribution is 5.78. The van der Waals surface area contributed by atoms with E-state index in [4.69, 9.17) is 10.5 Å². The second kappa shape index (κ2) is 6.71. The molecule has 0 radical (unpaired) electrons. The monoisotopic (exact) mass is 329 g/mol. The smallest absolute Gasteiger partial charge is 0.422 e. The Morgan fingerprint density at radius 2 is 2.04 bits per heavy atom. The fourth-order valence-corrected chi connectivity index (χ4v) is 1.87. The fraction of sp³-hybridized carbons (Fsp3) is 0.214. The molecule has 0 aliphatic rings. The first-order valence-electron chi connectivity index (χ1n) is 6.38. The first-order chi connectivity index (χ1) is 10.8. The number of aromatic nitrogens is 1. The predicted octanol–water partition coefficient (Wildman–Crippen LogP) is 3.03. The fourth-order valence-electron chi connectivity index (χ4n) is 1.87. The summed E-state index contributed by atoms with van der Waals surface area (Å²) in [5.41, 5.74) is 6.94. The van der Waals surface area contributed by atoms with Crippen LogP contribution in [0.2, 0.25) is 0 Å². The minimum absolute atomic E-state index is 0.0394. The van der Waals surface area contributed by atoms with Crippen LogP contribution in [-0.4, -0.2) is 30.1 Å². The number of nitrogen functional groups attached to an aromatic ring is 1. The van der Waals surface area contributed by atoms with Gasteiger partial charge < -0.3 is 10.5 Å². The summed E-state index contributed by atoms with van der Waals surface area (Å²) in [5, 5.41) is 10.1. The van der Waals surface area contributed by atoms with Gasteiger partial charge in [-0.1, -0.05) is 6.07 Å². The van der Waals surface area contributed by atoms with E-state index in [1.54, 1.807) is 6.07 Å². The lowest BCUT2D eigenvalue weighted by Gasteiger charge is -2.17. The van der Waals surface area contributed by atoms with Crippen molar-refractivity contribution >= 4 is 11.4 Å². The van der Waals surface area contributed by atoms with E-state index in [1.165, 1.54) is 37.7 Å². The number of halogens is 3. The van der Waals surface area contributed by atoms with E-state index in [2.05, 4.69) is 9.82 Å². The van der Waals surface area contributed by atoms with Crippen LogP contribution in [-0.2, 0) is 4.84 Å². The van der Waals surface area contributed by atoms with Gasteiger partial charge in [-0.15, -0.1) is 5.23 Å². The minimum Gasteiger partial charge on any atom is -0.482 e. The van der Waals surface area contributed by atoms with Crippen LogP contribution in [0.25, 0.3) is 11.1 Å². The lowest BCUT2D eigenvalue weighted by molar-refractivity contribution is -0.153. The Kier molecular flexibility index (Phi) is 4.92. The molecule has 0 bridgehead atoms. The third-order valence-corrected chi connectivity index (χ3v) is 2.90. The van der Waals surface area contributed by atoms with Crippen molar-refractivity contribution in [1.29, 1.82) is 0 Å². The van der Waals surface area contributed by atoms with Crippen molar-refractivity contribution in [3.8, 4) is 16.9 Å². The van der Waals surface area contributed by atoms with E-state index in [0.29, 0.717) is 16.4 Å². The molecule has 1 aromatic carbocycles. The van der Waals surface area contributed by atoms with Crippen LogP contribution in [0, 0.1) is 0 Å². The molecule has 1 aromatic heterocycles. The lowest BCUT2D eigenvalue weighted by Crippen LogP contribution is -2.19. The average molecular weight is 329 g/mol. The van der Waals surface area contributed by atoms with Crippen molar-refractivity contribution < 1.29 is 28.0 Å². The van der Waals surface area contributed by atoms with Crippen LogP contribution >= 0.6 is 0 Å². The molecule has 6 nitrogen and oxygen atoms in total. The molecule has 0 saturated heterocycles. The van der Waals surface area contributed by atoms with Crippen molar-refractivity contribution in [2.75, 3.05) is 24.7 Å². The molecule has 0 unspecified atom stereocenters. The Morgan fingerprint density at radius 1 is 1.30 bits per heavy atom. The maximum atomic E-state index is 12.3. The van der Waals surface area contributed by atoms with Gasteiger partial charge in [-0.3, -0.25) is 15.0 Å². The topological polar surface area (TPSA) is 80.8 Å². The number of hydrogen-bond donors (Lipinski definition) is 2. The highest BCUT2D eigenvalue weighted by Gasteiger charge is 2.29. The minimum atomic E-state index is -4.46. The summed E-state index contributed by atoms with van der Waals surface area (Å²) in [6.45, 7) is -1.43. The van der Waals surface area contributed by atoms with E-state index in [0.717, 1.165) is 0 Å². The number of alkyl halides is 3. The van der Waals surface area contributed by atoms with Crippen LogP contribution in [0.15, 0.2) is 36.7 Å². The number of nitrogens with zero attached hydrogens (tertiary/aromatic N) is 2. The molecule has 0 spiro atoms. The van der Waals surface area contributed by atoms with Gasteiger partial charge in [0, 0.05) is 11.8 Å². The quantitative estimate of drug-likeness (QED) is 0.648. The highest BCUT2D eigenvalue weighted by Crippen LogP contribution is 2.34. The van der Waals surface area contributed by atoms with E-state index in [1.807, 2.05) is 0 Å². The lowest BCUT2D eigenvalue weighted by atomic mass is 10.0. The summed E-state index contributed by atoms with van der Waals surface area (Å²) in [6, 6.07) is 6.02. The third kappa shape index (κ3) is 4.24. The van der Waals surface area contributed by atoms with Gasteiger partial charge in [0.2, 0.25) is 0 Å². The van der Waals surface area contributed by atoms with E-state index in [-0.39, 0.29) is 17.1 Å². The van der Waals surface area contributed by atoms with E-state index >= 15 is 0 Å². The molecule has 0 amide bonds. The first kappa shape index (κ1) is 16.8. The van der Waals surface area contributed by atoms with Crippen molar-refractivity contribution in [1.82, 2.24) is 4.98 Å². The molecular weight excluding hydrogens is 315 g/mol. The van der Waals surface area contributed by atoms with Gasteiger partial charge in [0.25, 0.3) is 0 Å². The maximum absolute atomic E-state index is 12.3. The molecule has 9 heteroatoms. The van der Waals surface area contributed by atoms with Gasteiger partial charge in [-0.05, 0) is 23.8 Å². The van der Waals surface area contributed by atoms with Gasteiger partial charge >= 0.3 is 6.18 Å². The zero-order valence-electron chi connectivity index (χ0n) is 12.0. The van der Waals surface area contributed by atoms with Gasteiger partial charge in [0.1, 0.15) is 11.4 Å². The molecule has 0 atom stereocenters. The second-order valence-electron chi connectivity index (χ2n) is 4.50. The van der Waals surface area contributed by atoms with Gasteiger partial charge in [0.05, 0.1) is 19.0 Å². The van der Waals surface area contributed by atoms with Gasteiger partial charge in [0.15, 0.2) is 6.61 Å². The Hall–Kier alpha value is -2.52. The molecule has 1 heterocycles. The Labute approximate surface area is 129 Å². The van der Waals surface area contributed by atoms with Gasteiger partial charge in [-0.25, -0.2) is 0 Å². The zero-order chi connectivity index (χ0) is 17.0. The number of nitrogens with two attached hydrogens (primary N) is 1. The normalized spacial score (nSPS) is 11.3. The van der Waals surface area contributed by atoms with Crippen molar-refractivity contribution in [2.45, 2.75) is 6.18 Å². The first-order valence-corrected chi connectivity index (χ1v) is 6.38. The predicted molar refractivity (Wildman–Crippen MR) is 76.9 cm³/mol. The van der Waals surface area contributed by atoms with Crippen LogP contribution in [0.5, 0.6) is 5.75 Å². The number of anilines is 2. The summed E-state index contributed by atoms with van der Waals surface area (Å²) in [5.74, 6) is -0.0394. The summed E-state index contributed by atoms with van der Waals surface area (Å²) >= 11 is 0. The number of hydrogen-bond acceptors (Lipinski definition) is 6. The van der Waals surface area contributed by atoms with Crippen molar-refractivity contribution in [3.63, 3.8) is 0 Å². The Balaban J connectivity index is 2.39. The largest absolute Gasteiger partial charge is 0.482 e. The average Bonchev–Trinajstić information content (AvgIpc) is 2.52. The molecule has 0 fully saturated rings. The summed E-state index contributed by atoms with van der Waals surface area (Å²) in [4.78, 5) is 8.41. The van der Waals surface area contributed by atoms with Crippen LogP contribution in [0.4, 0.5) is 24.5 Å². The summed E-state index contributed by atoms with van der Waals surface area (Å²) in [7, 11) is 1.23. The Bertz CT molecular complexity index is 680. The molecule has 23 heavy (non-hydrogen) atoms. The Morgan fingerprint density at radius 3 is 2.70 bits per heavy atom. The molecule has 0 aliphatic heterocycles. The molecule has 2 aromatic rings. The SMILES string of the molecule is CON(O)c1cc(-c2ccncc2OCC(F)(F)F)ccc1N. The molecular formula is C14H14F3N3O3. The standard InChI is InChI=1S/C14H14F3N3O3/c1-22-20(21)12-6-9(2-3-11(12)18)10-4-5-19-7-13(10)23-8-14(15,16)17/h2-7,21H,8,18H2,1H3. The number of rotatable bonds is 5. The second-order valence-corrected chi connectivity index (χ2v) is 4.50. The van der Waals surface area contributed by atoms with Gasteiger partial charge in [-0.2, -0.15) is 13.2 Å². The van der Waals surface area contributed by atoms with E-state index in [9.17, 15) is 18.4 Å². The van der Waals surface area contributed by atoms with Crippen molar-refractivity contribution in [2.24, 2.45) is 0 Å². The summed E-state index contributed by atoms with van der Waals surface area (Å²) in [6.07, 6.45) is -1.86. The molecule has 3 N–H and O–H groups in total. The third-order valence-electron chi connectivity index (χ3n) is 2.90. The zero-order valence-corrected chi connectivity index (χ0v) is 12.0. The number of benzene rings is 1. The number of pyridine rings is 1. The maximum Gasteiger partial charge on any atom is 0.422 e. The summed E-state index contributed by atoms with van der Waals surface area (Å²) < 4.78 is 41.8. The van der Waals surface area contributed by atoms with Crippen LogP contribution < -0.4 is 15.7 Å².